The molecular weight excluding hydrogens is 301 g/mol. The Labute approximate surface area is 135 Å². The topological polar surface area (TPSA) is 66.8 Å². The number of aliphatic hydroxyl groups is 1. The molecule has 5 nitrogen and oxygen atoms in total. The number of benzene rings is 1. The van der Waals surface area contributed by atoms with Crippen LogP contribution in [-0.2, 0) is 14.3 Å². The normalized spacial score (nSPS) is 11.5. The predicted octanol–water partition coefficient (Wildman–Crippen LogP) is 2.00. The second kappa shape index (κ2) is 8.43. The lowest BCUT2D eigenvalue weighted by molar-refractivity contribution is -0.142. The lowest BCUT2D eigenvalue weighted by Gasteiger charge is -2.36. The van der Waals surface area contributed by atoms with E-state index in [2.05, 4.69) is 4.74 Å². The highest BCUT2D eigenvalue weighted by atomic mass is 19.1. The average Bonchev–Trinajstić information content (AvgIpc) is 2.54. The molecule has 0 radical (unpaired) electrons. The zero-order valence-electron chi connectivity index (χ0n) is 13.6. The van der Waals surface area contributed by atoms with Crippen LogP contribution in [0.4, 0.5) is 4.39 Å². The van der Waals surface area contributed by atoms with E-state index in [1.54, 1.807) is 32.1 Å². The lowest BCUT2D eigenvalue weighted by atomic mass is 10.0. The number of esters is 1. The van der Waals surface area contributed by atoms with Gasteiger partial charge in [-0.3, -0.25) is 9.59 Å². The van der Waals surface area contributed by atoms with Crippen molar-refractivity contribution in [2.75, 3.05) is 20.3 Å². The molecule has 0 saturated carbocycles. The Balaban J connectivity index is 2.85. The molecule has 1 aromatic carbocycles. The van der Waals surface area contributed by atoms with Crippen molar-refractivity contribution in [1.82, 2.24) is 4.90 Å². The monoisotopic (exact) mass is 323 g/mol. The first-order chi connectivity index (χ1) is 10.8. The Bertz CT molecular complexity index is 566. The van der Waals surface area contributed by atoms with Gasteiger partial charge in [0.05, 0.1) is 25.7 Å². The van der Waals surface area contributed by atoms with Crippen LogP contribution in [0.15, 0.2) is 30.3 Å². The van der Waals surface area contributed by atoms with Gasteiger partial charge in [0.2, 0.25) is 5.91 Å². The first-order valence-electron chi connectivity index (χ1n) is 7.23. The van der Waals surface area contributed by atoms with Gasteiger partial charge in [0.1, 0.15) is 5.82 Å². The van der Waals surface area contributed by atoms with Crippen molar-refractivity contribution in [2.45, 2.75) is 25.8 Å². The number of aliphatic hydroxyl groups excluding tert-OH is 1. The third-order valence-electron chi connectivity index (χ3n) is 3.44. The molecule has 0 spiro atoms. The number of rotatable bonds is 7. The van der Waals surface area contributed by atoms with Crippen molar-refractivity contribution in [3.05, 3.63) is 41.7 Å². The quantitative estimate of drug-likeness (QED) is 0.616. The van der Waals surface area contributed by atoms with E-state index in [0.717, 1.165) is 0 Å². The highest BCUT2D eigenvalue weighted by Crippen LogP contribution is 2.16. The molecule has 0 aliphatic rings. The van der Waals surface area contributed by atoms with Gasteiger partial charge in [-0.25, -0.2) is 4.39 Å². The number of amides is 1. The minimum atomic E-state index is -0.821. The van der Waals surface area contributed by atoms with E-state index in [1.807, 2.05) is 0 Å². The Morgan fingerprint density at radius 2 is 1.91 bits per heavy atom. The zero-order valence-corrected chi connectivity index (χ0v) is 13.6. The number of nitrogens with zero attached hydrogens (tertiary/aromatic N) is 1. The molecule has 0 unspecified atom stereocenters. The average molecular weight is 323 g/mol. The fourth-order valence-corrected chi connectivity index (χ4v) is 1.93. The maximum atomic E-state index is 12.9. The van der Waals surface area contributed by atoms with E-state index < -0.39 is 11.5 Å². The molecular formula is C17H22FNO4. The first kappa shape index (κ1) is 18.8. The second-order valence-corrected chi connectivity index (χ2v) is 5.67. The van der Waals surface area contributed by atoms with Crippen LogP contribution in [-0.4, -0.2) is 47.7 Å². The SMILES string of the molecule is COC(=O)CCN(C(=O)/C=C/c1ccc(F)cc1)C(C)(C)CO. The Morgan fingerprint density at radius 1 is 1.30 bits per heavy atom. The van der Waals surface area contributed by atoms with E-state index >= 15 is 0 Å². The van der Waals surface area contributed by atoms with Gasteiger partial charge in [-0.15, -0.1) is 0 Å². The summed E-state index contributed by atoms with van der Waals surface area (Å²) < 4.78 is 17.4. The van der Waals surface area contributed by atoms with E-state index in [1.165, 1.54) is 30.2 Å². The maximum Gasteiger partial charge on any atom is 0.307 e. The summed E-state index contributed by atoms with van der Waals surface area (Å²) in [6.45, 7) is 3.29. The van der Waals surface area contributed by atoms with Gasteiger partial charge in [-0.1, -0.05) is 12.1 Å². The molecule has 1 aromatic rings. The molecule has 0 aromatic heterocycles. The van der Waals surface area contributed by atoms with Gasteiger partial charge in [-0.2, -0.15) is 0 Å². The number of carbonyl (C=O) groups is 2. The third kappa shape index (κ3) is 5.83. The summed E-state index contributed by atoms with van der Waals surface area (Å²) in [5, 5.41) is 9.48. The van der Waals surface area contributed by atoms with Crippen molar-refractivity contribution in [1.29, 1.82) is 0 Å². The molecule has 1 N–H and O–H groups in total. The molecule has 126 valence electrons. The fraction of sp³-hybridized carbons (Fsp3) is 0.412. The van der Waals surface area contributed by atoms with Gasteiger partial charge >= 0.3 is 5.97 Å². The molecule has 6 heteroatoms. The largest absolute Gasteiger partial charge is 0.469 e. The number of hydrogen-bond donors (Lipinski definition) is 1. The summed E-state index contributed by atoms with van der Waals surface area (Å²) >= 11 is 0. The summed E-state index contributed by atoms with van der Waals surface area (Å²) in [6.07, 6.45) is 2.93. The standard InChI is InChI=1S/C17H22FNO4/c1-17(2,12-20)19(11-10-16(22)23-3)15(21)9-6-13-4-7-14(18)8-5-13/h4-9,20H,10-12H2,1-3H3/b9-6+. The molecule has 0 aliphatic carbocycles. The van der Waals surface area contributed by atoms with E-state index in [9.17, 15) is 19.1 Å². The number of halogens is 1. The van der Waals surface area contributed by atoms with Gasteiger partial charge in [0, 0.05) is 12.6 Å². The van der Waals surface area contributed by atoms with Gasteiger partial charge in [0.25, 0.3) is 0 Å². The fourth-order valence-electron chi connectivity index (χ4n) is 1.93. The van der Waals surface area contributed by atoms with Crippen LogP contribution in [0.2, 0.25) is 0 Å². The predicted molar refractivity (Wildman–Crippen MR) is 84.9 cm³/mol. The molecule has 0 fully saturated rings. The van der Waals surface area contributed by atoms with Crippen molar-refractivity contribution >= 4 is 18.0 Å². The molecule has 0 saturated heterocycles. The molecule has 0 atom stereocenters. The highest BCUT2D eigenvalue weighted by Gasteiger charge is 2.29. The minimum absolute atomic E-state index is 0.0378. The molecule has 1 amide bonds. The van der Waals surface area contributed by atoms with E-state index in [-0.39, 0.29) is 31.3 Å². The second-order valence-electron chi connectivity index (χ2n) is 5.67. The minimum Gasteiger partial charge on any atom is -0.469 e. The third-order valence-corrected chi connectivity index (χ3v) is 3.44. The summed E-state index contributed by atoms with van der Waals surface area (Å²) in [6, 6.07) is 5.71. The summed E-state index contributed by atoms with van der Waals surface area (Å²) in [5.41, 5.74) is -0.146. The van der Waals surface area contributed by atoms with Gasteiger partial charge in [-0.05, 0) is 37.6 Å². The van der Waals surface area contributed by atoms with Crippen molar-refractivity contribution in [2.24, 2.45) is 0 Å². The Morgan fingerprint density at radius 3 is 2.43 bits per heavy atom. The molecule has 23 heavy (non-hydrogen) atoms. The van der Waals surface area contributed by atoms with Crippen molar-refractivity contribution in [3.63, 3.8) is 0 Å². The number of methoxy groups -OCH3 is 1. The number of carbonyl (C=O) groups excluding carboxylic acids is 2. The van der Waals surface area contributed by atoms with Crippen molar-refractivity contribution < 1.29 is 23.8 Å². The molecule has 0 heterocycles. The van der Waals surface area contributed by atoms with Crippen LogP contribution >= 0.6 is 0 Å². The van der Waals surface area contributed by atoms with Gasteiger partial charge < -0.3 is 14.7 Å². The van der Waals surface area contributed by atoms with Crippen LogP contribution < -0.4 is 0 Å². The highest BCUT2D eigenvalue weighted by molar-refractivity contribution is 5.92. The summed E-state index contributed by atoms with van der Waals surface area (Å²) in [5.74, 6) is -1.13. The summed E-state index contributed by atoms with van der Waals surface area (Å²) in [7, 11) is 1.28. The first-order valence-corrected chi connectivity index (χ1v) is 7.23. The summed E-state index contributed by atoms with van der Waals surface area (Å²) in [4.78, 5) is 25.1. The van der Waals surface area contributed by atoms with Crippen molar-refractivity contribution in [3.8, 4) is 0 Å². The van der Waals surface area contributed by atoms with Crippen LogP contribution in [0.25, 0.3) is 6.08 Å². The smallest absolute Gasteiger partial charge is 0.307 e. The molecule has 0 aliphatic heterocycles. The van der Waals surface area contributed by atoms with Crippen LogP contribution in [0.3, 0.4) is 0 Å². The van der Waals surface area contributed by atoms with Crippen LogP contribution in [0, 0.1) is 5.82 Å². The van der Waals surface area contributed by atoms with Crippen LogP contribution in [0.5, 0.6) is 0 Å². The Kier molecular flexibility index (Phi) is 6.90. The van der Waals surface area contributed by atoms with Gasteiger partial charge in [0.15, 0.2) is 0 Å². The maximum absolute atomic E-state index is 12.9. The zero-order chi connectivity index (χ0) is 17.5. The number of ether oxygens (including phenoxy) is 1. The molecule has 1 rings (SSSR count). The van der Waals surface area contributed by atoms with E-state index in [4.69, 9.17) is 0 Å². The number of hydrogen-bond acceptors (Lipinski definition) is 4. The van der Waals surface area contributed by atoms with Crippen LogP contribution in [0.1, 0.15) is 25.8 Å². The lowest BCUT2D eigenvalue weighted by Crippen LogP contribution is -2.50. The molecule has 0 bridgehead atoms. The van der Waals surface area contributed by atoms with E-state index in [0.29, 0.717) is 5.56 Å². The Hall–Kier alpha value is -2.21.